The van der Waals surface area contributed by atoms with E-state index in [4.69, 9.17) is 5.73 Å². The summed E-state index contributed by atoms with van der Waals surface area (Å²) in [4.78, 5) is 0. The predicted molar refractivity (Wildman–Crippen MR) is 74.4 cm³/mol. The zero-order valence-corrected chi connectivity index (χ0v) is 11.3. The third-order valence-electron chi connectivity index (χ3n) is 2.65. The first-order valence-electron chi connectivity index (χ1n) is 5.40. The molecule has 6 heteroatoms. The van der Waals surface area contributed by atoms with Crippen molar-refractivity contribution in [3.8, 4) is 0 Å². The van der Waals surface area contributed by atoms with Gasteiger partial charge in [0.1, 0.15) is 5.82 Å². The molecule has 16 heavy (non-hydrogen) atoms. The average molecular weight is 258 g/mol. The quantitative estimate of drug-likeness (QED) is 0.862. The molecule has 3 N–H and O–H groups in total. The lowest BCUT2D eigenvalue weighted by Crippen LogP contribution is -2.24. The Hall–Kier alpha value is -0.490. The summed E-state index contributed by atoms with van der Waals surface area (Å²) in [7, 11) is 1.93. The van der Waals surface area contributed by atoms with Crippen LogP contribution in [-0.4, -0.2) is 38.8 Å². The van der Waals surface area contributed by atoms with Gasteiger partial charge < -0.3 is 11.1 Å². The molecule has 90 valence electrons. The first kappa shape index (κ1) is 12.0. The lowest BCUT2D eigenvalue weighted by molar-refractivity contribution is 0.757. The summed E-state index contributed by atoms with van der Waals surface area (Å²) in [5.74, 6) is 4.73. The Bertz CT molecular complexity index is 358. The van der Waals surface area contributed by atoms with Gasteiger partial charge in [0, 0.05) is 36.1 Å². The molecule has 1 aliphatic rings. The molecule has 1 fully saturated rings. The Morgan fingerprint density at radius 3 is 2.94 bits per heavy atom. The molecule has 1 aromatic rings. The molecule has 0 spiro atoms. The van der Waals surface area contributed by atoms with E-state index in [1.807, 2.05) is 42.2 Å². The van der Waals surface area contributed by atoms with Gasteiger partial charge in [-0.1, -0.05) is 0 Å². The number of nitrogen functional groups attached to an aromatic ring is 1. The number of aryl methyl sites for hydroxylation is 2. The van der Waals surface area contributed by atoms with Crippen LogP contribution >= 0.6 is 23.5 Å². The fourth-order valence-corrected chi connectivity index (χ4v) is 4.36. The first-order chi connectivity index (χ1) is 7.68. The Morgan fingerprint density at radius 2 is 2.38 bits per heavy atom. The molecule has 1 aromatic heterocycles. The smallest absolute Gasteiger partial charge is 0.147 e. The number of nitrogens with two attached hydrogens (primary N) is 1. The van der Waals surface area contributed by atoms with Gasteiger partial charge in [0.05, 0.1) is 11.4 Å². The van der Waals surface area contributed by atoms with Gasteiger partial charge in [-0.3, -0.25) is 4.68 Å². The highest BCUT2D eigenvalue weighted by molar-refractivity contribution is 8.06. The van der Waals surface area contributed by atoms with E-state index in [-0.39, 0.29) is 0 Å². The topological polar surface area (TPSA) is 55.9 Å². The lowest BCUT2D eigenvalue weighted by atomic mass is 10.4. The van der Waals surface area contributed by atoms with Gasteiger partial charge in [-0.2, -0.15) is 28.6 Å². The Labute approximate surface area is 105 Å². The van der Waals surface area contributed by atoms with E-state index < -0.39 is 0 Å². The molecule has 0 amide bonds. The molecule has 2 rings (SSSR count). The average Bonchev–Trinajstić information content (AvgIpc) is 2.53. The SMILES string of the molecule is Cc1nn(C)c(NCC2CSCCS2)c1N. The summed E-state index contributed by atoms with van der Waals surface area (Å²) in [6, 6.07) is 0. The van der Waals surface area contributed by atoms with E-state index in [1.54, 1.807) is 0 Å². The summed E-state index contributed by atoms with van der Waals surface area (Å²) >= 11 is 4.08. The van der Waals surface area contributed by atoms with Crippen molar-refractivity contribution in [1.82, 2.24) is 9.78 Å². The third-order valence-corrected chi connectivity index (χ3v) is 5.50. The minimum absolute atomic E-state index is 0.688. The molecule has 0 aliphatic carbocycles. The van der Waals surface area contributed by atoms with E-state index in [0.717, 1.165) is 23.7 Å². The number of aromatic nitrogens is 2. The van der Waals surface area contributed by atoms with Crippen molar-refractivity contribution in [1.29, 1.82) is 0 Å². The number of thioether (sulfide) groups is 2. The van der Waals surface area contributed by atoms with Crippen molar-refractivity contribution in [2.75, 3.05) is 34.9 Å². The van der Waals surface area contributed by atoms with Gasteiger partial charge in [-0.25, -0.2) is 0 Å². The Kier molecular flexibility index (Phi) is 3.91. The van der Waals surface area contributed by atoms with E-state index in [2.05, 4.69) is 10.4 Å². The minimum atomic E-state index is 0.688. The zero-order valence-electron chi connectivity index (χ0n) is 9.69. The van der Waals surface area contributed by atoms with Gasteiger partial charge >= 0.3 is 0 Å². The largest absolute Gasteiger partial charge is 0.394 e. The summed E-state index contributed by atoms with van der Waals surface area (Å²) in [6.07, 6.45) is 0. The molecule has 1 aliphatic heterocycles. The van der Waals surface area contributed by atoms with Gasteiger partial charge in [-0.15, -0.1) is 0 Å². The van der Waals surface area contributed by atoms with Crippen LogP contribution in [0.5, 0.6) is 0 Å². The minimum Gasteiger partial charge on any atom is -0.394 e. The molecular weight excluding hydrogens is 240 g/mol. The van der Waals surface area contributed by atoms with Crippen LogP contribution in [0.15, 0.2) is 0 Å². The molecule has 2 heterocycles. The normalized spacial score (nSPS) is 21.0. The predicted octanol–water partition coefficient (Wildman–Crippen LogP) is 1.57. The molecule has 4 nitrogen and oxygen atoms in total. The maximum absolute atomic E-state index is 5.96. The molecule has 1 unspecified atom stereocenters. The number of hydrogen-bond donors (Lipinski definition) is 2. The van der Waals surface area contributed by atoms with E-state index in [1.165, 1.54) is 17.3 Å². The van der Waals surface area contributed by atoms with E-state index in [0.29, 0.717) is 5.25 Å². The third kappa shape index (κ3) is 2.60. The molecular formula is C10H18N4S2. The van der Waals surface area contributed by atoms with Crippen LogP contribution in [0.25, 0.3) is 0 Å². The summed E-state index contributed by atoms with van der Waals surface area (Å²) < 4.78 is 1.82. The number of nitrogens with one attached hydrogen (secondary N) is 1. The number of anilines is 2. The highest BCUT2D eigenvalue weighted by Gasteiger charge is 2.16. The maximum atomic E-state index is 5.96. The van der Waals surface area contributed by atoms with Gasteiger partial charge in [0.15, 0.2) is 0 Å². The van der Waals surface area contributed by atoms with Gasteiger partial charge in [0.2, 0.25) is 0 Å². The Balaban J connectivity index is 1.93. The second kappa shape index (κ2) is 5.23. The van der Waals surface area contributed by atoms with Gasteiger partial charge in [0.25, 0.3) is 0 Å². The number of nitrogens with zero attached hydrogens (tertiary/aromatic N) is 2. The highest BCUT2D eigenvalue weighted by atomic mass is 32.2. The van der Waals surface area contributed by atoms with Crippen LogP contribution < -0.4 is 11.1 Å². The standard InChI is InChI=1S/C10H18N4S2/c1-7-9(11)10(14(2)13-7)12-5-8-6-15-3-4-16-8/h8,12H,3-6,11H2,1-2H3. The number of hydrogen-bond acceptors (Lipinski definition) is 5. The van der Waals surface area contributed by atoms with Crippen molar-refractivity contribution < 1.29 is 0 Å². The molecule has 0 bridgehead atoms. The molecule has 0 radical (unpaired) electrons. The van der Waals surface area contributed by atoms with Crippen LogP contribution in [0.1, 0.15) is 5.69 Å². The van der Waals surface area contributed by atoms with Crippen molar-refractivity contribution in [2.24, 2.45) is 7.05 Å². The molecule has 0 saturated carbocycles. The van der Waals surface area contributed by atoms with Crippen molar-refractivity contribution in [2.45, 2.75) is 12.2 Å². The van der Waals surface area contributed by atoms with Crippen molar-refractivity contribution in [3.63, 3.8) is 0 Å². The van der Waals surface area contributed by atoms with Crippen LogP contribution in [0, 0.1) is 6.92 Å². The van der Waals surface area contributed by atoms with E-state index in [9.17, 15) is 0 Å². The molecule has 1 atom stereocenters. The van der Waals surface area contributed by atoms with Crippen molar-refractivity contribution in [3.05, 3.63) is 5.69 Å². The maximum Gasteiger partial charge on any atom is 0.147 e. The fourth-order valence-electron chi connectivity index (χ4n) is 1.75. The zero-order chi connectivity index (χ0) is 11.5. The Morgan fingerprint density at radius 1 is 1.56 bits per heavy atom. The molecule has 1 saturated heterocycles. The van der Waals surface area contributed by atoms with E-state index >= 15 is 0 Å². The van der Waals surface area contributed by atoms with Crippen LogP contribution in [0.4, 0.5) is 11.5 Å². The first-order valence-corrected chi connectivity index (χ1v) is 7.61. The van der Waals surface area contributed by atoms with Gasteiger partial charge in [-0.05, 0) is 6.92 Å². The summed E-state index contributed by atoms with van der Waals surface area (Å²) in [6.45, 7) is 2.91. The summed E-state index contributed by atoms with van der Waals surface area (Å²) in [5, 5.41) is 8.39. The molecule has 0 aromatic carbocycles. The fraction of sp³-hybridized carbons (Fsp3) is 0.700. The van der Waals surface area contributed by atoms with Crippen molar-refractivity contribution >= 4 is 35.0 Å². The van der Waals surface area contributed by atoms with Crippen LogP contribution in [-0.2, 0) is 7.05 Å². The second-order valence-electron chi connectivity index (χ2n) is 3.92. The second-order valence-corrected chi connectivity index (χ2v) is 6.48. The summed E-state index contributed by atoms with van der Waals surface area (Å²) in [5.41, 5.74) is 7.63. The highest BCUT2D eigenvalue weighted by Crippen LogP contribution is 2.26. The number of rotatable bonds is 3. The van der Waals surface area contributed by atoms with Crippen LogP contribution in [0.3, 0.4) is 0 Å². The lowest BCUT2D eigenvalue weighted by Gasteiger charge is -2.21. The van der Waals surface area contributed by atoms with Crippen LogP contribution in [0.2, 0.25) is 0 Å². The monoisotopic (exact) mass is 258 g/mol.